The maximum atomic E-state index is 10.3. The molecule has 6 heteroatoms. The maximum absolute atomic E-state index is 10.3. The molecule has 0 radical (unpaired) electrons. The first-order chi connectivity index (χ1) is 9.56. The number of rotatable bonds is 5. The van der Waals surface area contributed by atoms with Crippen LogP contribution in [0.4, 0.5) is 0 Å². The zero-order chi connectivity index (χ0) is 14.7. The van der Waals surface area contributed by atoms with E-state index in [1.54, 1.807) is 12.3 Å². The minimum atomic E-state index is -0.688. The van der Waals surface area contributed by atoms with Crippen LogP contribution in [0.3, 0.4) is 0 Å². The van der Waals surface area contributed by atoms with Gasteiger partial charge in [-0.25, -0.2) is 0 Å². The van der Waals surface area contributed by atoms with Crippen LogP contribution < -0.4 is 0 Å². The van der Waals surface area contributed by atoms with Crippen molar-refractivity contribution < 1.29 is 5.11 Å². The molecule has 0 fully saturated rings. The molecule has 0 aromatic carbocycles. The zero-order valence-corrected chi connectivity index (χ0v) is 13.8. The quantitative estimate of drug-likeness (QED) is 0.889. The first-order valence-corrected chi connectivity index (χ1v) is 7.77. The second-order valence-electron chi connectivity index (χ2n) is 4.50. The highest BCUT2D eigenvalue weighted by molar-refractivity contribution is 9.10. The van der Waals surface area contributed by atoms with Gasteiger partial charge in [-0.15, -0.1) is 0 Å². The number of hydrogen-bond donors (Lipinski definition) is 1. The Morgan fingerprint density at radius 1 is 1.40 bits per heavy atom. The maximum Gasteiger partial charge on any atom is 0.101 e. The summed E-state index contributed by atoms with van der Waals surface area (Å²) in [5.74, 6) is 0. The van der Waals surface area contributed by atoms with Crippen LogP contribution in [-0.4, -0.2) is 19.9 Å². The molecule has 1 N–H and O–H groups in total. The van der Waals surface area contributed by atoms with E-state index in [0.29, 0.717) is 17.1 Å². The molecule has 0 aliphatic heterocycles. The summed E-state index contributed by atoms with van der Waals surface area (Å²) in [5, 5.41) is 15.4. The van der Waals surface area contributed by atoms with Crippen molar-refractivity contribution in [3.63, 3.8) is 0 Å². The van der Waals surface area contributed by atoms with Gasteiger partial charge in [0.15, 0.2) is 0 Å². The Morgan fingerprint density at radius 2 is 2.15 bits per heavy atom. The predicted octanol–water partition coefficient (Wildman–Crippen LogP) is 3.55. The summed E-state index contributed by atoms with van der Waals surface area (Å²) in [4.78, 5) is 4.22. The van der Waals surface area contributed by atoms with Gasteiger partial charge in [-0.1, -0.05) is 18.5 Å². The highest BCUT2D eigenvalue weighted by Crippen LogP contribution is 2.26. The van der Waals surface area contributed by atoms with E-state index < -0.39 is 6.10 Å². The summed E-state index contributed by atoms with van der Waals surface area (Å²) in [5.41, 5.74) is 2.37. The van der Waals surface area contributed by atoms with E-state index in [1.807, 2.05) is 24.6 Å². The molecule has 0 bridgehead atoms. The molecule has 2 aromatic rings. The molecule has 0 aliphatic carbocycles. The molecule has 108 valence electrons. The number of pyridine rings is 1. The lowest BCUT2D eigenvalue weighted by atomic mass is 10.1. The van der Waals surface area contributed by atoms with Gasteiger partial charge < -0.3 is 5.11 Å². The van der Waals surface area contributed by atoms with Gasteiger partial charge in [0.05, 0.1) is 22.1 Å². The standard InChI is InChI=1S/C14H17BrClN3O/c1-3-10-14(16)12(19(4-2)18-10)7-13(20)11-6-5-9(15)8-17-11/h5-6,8,13,20H,3-4,7H2,1-2H3. The van der Waals surface area contributed by atoms with Crippen LogP contribution in [0.25, 0.3) is 0 Å². The van der Waals surface area contributed by atoms with Gasteiger partial charge in [0, 0.05) is 23.6 Å². The molecule has 0 saturated carbocycles. The van der Waals surface area contributed by atoms with Crippen molar-refractivity contribution in [2.75, 3.05) is 0 Å². The normalized spacial score (nSPS) is 12.7. The van der Waals surface area contributed by atoms with E-state index in [4.69, 9.17) is 11.6 Å². The SMILES string of the molecule is CCc1nn(CC)c(CC(O)c2ccc(Br)cn2)c1Cl. The lowest BCUT2D eigenvalue weighted by Gasteiger charge is -2.11. The summed E-state index contributed by atoms with van der Waals surface area (Å²) in [6, 6.07) is 3.66. The van der Waals surface area contributed by atoms with Crippen molar-refractivity contribution in [1.82, 2.24) is 14.8 Å². The van der Waals surface area contributed by atoms with Gasteiger partial charge in [0.2, 0.25) is 0 Å². The lowest BCUT2D eigenvalue weighted by molar-refractivity contribution is 0.170. The van der Waals surface area contributed by atoms with Crippen molar-refractivity contribution in [3.05, 3.63) is 44.9 Å². The second-order valence-corrected chi connectivity index (χ2v) is 5.79. The van der Waals surface area contributed by atoms with Crippen molar-refractivity contribution in [3.8, 4) is 0 Å². The van der Waals surface area contributed by atoms with Gasteiger partial charge in [-0.3, -0.25) is 9.67 Å². The average Bonchev–Trinajstić information content (AvgIpc) is 2.76. The van der Waals surface area contributed by atoms with Gasteiger partial charge in [-0.2, -0.15) is 5.10 Å². The smallest absolute Gasteiger partial charge is 0.101 e. The fourth-order valence-electron chi connectivity index (χ4n) is 2.08. The molecule has 0 amide bonds. The number of halogens is 2. The molecule has 2 rings (SSSR count). The van der Waals surface area contributed by atoms with Crippen LogP contribution in [0.5, 0.6) is 0 Å². The minimum Gasteiger partial charge on any atom is -0.386 e. The summed E-state index contributed by atoms with van der Waals surface area (Å²) in [7, 11) is 0. The average molecular weight is 359 g/mol. The Hall–Kier alpha value is -0.910. The van der Waals surface area contributed by atoms with Crippen molar-refractivity contribution in [2.45, 2.75) is 39.3 Å². The molecular formula is C14H17BrClN3O. The summed E-state index contributed by atoms with van der Waals surface area (Å²) < 4.78 is 2.74. The topological polar surface area (TPSA) is 50.9 Å². The van der Waals surface area contributed by atoms with Crippen LogP contribution in [0.2, 0.25) is 5.02 Å². The lowest BCUT2D eigenvalue weighted by Crippen LogP contribution is -2.10. The van der Waals surface area contributed by atoms with E-state index in [2.05, 4.69) is 26.0 Å². The Balaban J connectivity index is 2.25. The first kappa shape index (κ1) is 15.5. The largest absolute Gasteiger partial charge is 0.386 e. The van der Waals surface area contributed by atoms with E-state index in [0.717, 1.165) is 28.8 Å². The molecule has 0 aliphatic rings. The number of aromatic nitrogens is 3. The fraction of sp³-hybridized carbons (Fsp3) is 0.429. The zero-order valence-electron chi connectivity index (χ0n) is 11.5. The van der Waals surface area contributed by atoms with Crippen LogP contribution >= 0.6 is 27.5 Å². The monoisotopic (exact) mass is 357 g/mol. The molecule has 0 spiro atoms. The van der Waals surface area contributed by atoms with E-state index in [9.17, 15) is 5.11 Å². The molecule has 1 atom stereocenters. The Bertz CT molecular complexity index is 583. The summed E-state index contributed by atoms with van der Waals surface area (Å²) in [6.45, 7) is 4.76. The molecular weight excluding hydrogens is 342 g/mol. The third-order valence-corrected chi connectivity index (χ3v) is 4.08. The molecule has 0 saturated heterocycles. The minimum absolute atomic E-state index is 0.411. The summed E-state index contributed by atoms with van der Waals surface area (Å²) in [6.07, 6.45) is 2.18. The van der Waals surface area contributed by atoms with E-state index in [1.165, 1.54) is 0 Å². The molecule has 2 heterocycles. The Morgan fingerprint density at radius 3 is 2.70 bits per heavy atom. The van der Waals surface area contributed by atoms with Crippen LogP contribution in [-0.2, 0) is 19.4 Å². The van der Waals surface area contributed by atoms with Gasteiger partial charge in [0.1, 0.15) is 6.10 Å². The second kappa shape index (κ2) is 6.70. The highest BCUT2D eigenvalue weighted by Gasteiger charge is 2.19. The number of aliphatic hydroxyl groups excluding tert-OH is 1. The highest BCUT2D eigenvalue weighted by atomic mass is 79.9. The van der Waals surface area contributed by atoms with Crippen LogP contribution in [0.15, 0.2) is 22.8 Å². The van der Waals surface area contributed by atoms with E-state index in [-0.39, 0.29) is 0 Å². The van der Waals surface area contributed by atoms with Crippen molar-refractivity contribution in [2.24, 2.45) is 0 Å². The van der Waals surface area contributed by atoms with Gasteiger partial charge in [0.25, 0.3) is 0 Å². The van der Waals surface area contributed by atoms with Crippen molar-refractivity contribution in [1.29, 1.82) is 0 Å². The number of aliphatic hydroxyl groups is 1. The number of nitrogens with zero attached hydrogens (tertiary/aromatic N) is 3. The number of aryl methyl sites for hydroxylation is 2. The number of hydrogen-bond acceptors (Lipinski definition) is 3. The predicted molar refractivity (Wildman–Crippen MR) is 82.9 cm³/mol. The molecule has 20 heavy (non-hydrogen) atoms. The molecule has 1 unspecified atom stereocenters. The van der Waals surface area contributed by atoms with E-state index >= 15 is 0 Å². The molecule has 2 aromatic heterocycles. The molecule has 4 nitrogen and oxygen atoms in total. The van der Waals surface area contributed by atoms with Gasteiger partial charge in [-0.05, 0) is 41.4 Å². The van der Waals surface area contributed by atoms with Crippen LogP contribution in [0.1, 0.15) is 37.0 Å². The Kier molecular flexibility index (Phi) is 5.18. The fourth-order valence-corrected chi connectivity index (χ4v) is 2.67. The first-order valence-electron chi connectivity index (χ1n) is 6.60. The Labute approximate surface area is 131 Å². The van der Waals surface area contributed by atoms with Crippen LogP contribution in [0, 0.1) is 0 Å². The van der Waals surface area contributed by atoms with Gasteiger partial charge >= 0.3 is 0 Å². The third kappa shape index (κ3) is 3.22. The van der Waals surface area contributed by atoms with Crippen molar-refractivity contribution >= 4 is 27.5 Å². The summed E-state index contributed by atoms with van der Waals surface area (Å²) >= 11 is 9.67. The third-order valence-electron chi connectivity index (χ3n) is 3.17.